The molecule has 126 valence electrons. The van der Waals surface area contributed by atoms with Gasteiger partial charge in [-0.1, -0.05) is 24.3 Å². The summed E-state index contributed by atoms with van der Waals surface area (Å²) in [5.74, 6) is 0.573. The molecule has 0 saturated carbocycles. The van der Waals surface area contributed by atoms with E-state index in [4.69, 9.17) is 14.2 Å². The highest BCUT2D eigenvalue weighted by atomic mass is 16.5. The molecule has 0 aliphatic rings. The number of carboxylic acids is 1. The van der Waals surface area contributed by atoms with Crippen molar-refractivity contribution in [3.05, 3.63) is 60.4 Å². The lowest BCUT2D eigenvalue weighted by atomic mass is 10.1. The van der Waals surface area contributed by atoms with Crippen LogP contribution in [0.5, 0.6) is 17.2 Å². The zero-order valence-electron chi connectivity index (χ0n) is 13.9. The number of hydrogen-bond acceptors (Lipinski definition) is 4. The zero-order valence-corrected chi connectivity index (χ0v) is 13.9. The number of aliphatic carboxylic acids is 1. The molecule has 0 heterocycles. The molecule has 0 saturated heterocycles. The Labute approximate surface area is 141 Å². The van der Waals surface area contributed by atoms with Crippen molar-refractivity contribution in [3.63, 3.8) is 0 Å². The van der Waals surface area contributed by atoms with Gasteiger partial charge >= 0.3 is 5.97 Å². The van der Waals surface area contributed by atoms with E-state index < -0.39 is 5.97 Å². The monoisotopic (exact) mass is 328 g/mol. The third kappa shape index (κ3) is 4.52. The highest BCUT2D eigenvalue weighted by molar-refractivity contribution is 6.15. The Morgan fingerprint density at radius 1 is 1.08 bits per heavy atom. The van der Waals surface area contributed by atoms with E-state index in [1.54, 1.807) is 36.4 Å². The molecule has 5 heteroatoms. The van der Waals surface area contributed by atoms with Gasteiger partial charge in [-0.3, -0.25) is 0 Å². The van der Waals surface area contributed by atoms with Crippen molar-refractivity contribution in [2.45, 2.75) is 20.0 Å². The van der Waals surface area contributed by atoms with Gasteiger partial charge in [-0.2, -0.15) is 0 Å². The maximum absolute atomic E-state index is 11.4. The molecule has 2 aromatic carbocycles. The molecule has 0 bridgehead atoms. The number of rotatable bonds is 7. The molecule has 0 radical (unpaired) electrons. The van der Waals surface area contributed by atoms with E-state index in [2.05, 4.69) is 0 Å². The largest absolute Gasteiger partial charge is 0.503 e. The summed E-state index contributed by atoms with van der Waals surface area (Å²) >= 11 is 0. The second kappa shape index (κ2) is 8.06. The maximum atomic E-state index is 11.4. The first-order valence-corrected chi connectivity index (χ1v) is 7.51. The molecule has 0 fully saturated rings. The van der Waals surface area contributed by atoms with Gasteiger partial charge in [0.2, 0.25) is 0 Å². The quantitative estimate of drug-likeness (QED) is 0.605. The molecular formula is C19H20O5. The molecular weight excluding hydrogens is 308 g/mol. The van der Waals surface area contributed by atoms with Gasteiger partial charge in [0.25, 0.3) is 0 Å². The first-order valence-electron chi connectivity index (χ1n) is 7.51. The van der Waals surface area contributed by atoms with Crippen LogP contribution in [0.1, 0.15) is 19.4 Å². The van der Waals surface area contributed by atoms with Crippen molar-refractivity contribution >= 4 is 11.5 Å². The summed E-state index contributed by atoms with van der Waals surface area (Å²) in [7, 11) is 1.40. The molecule has 0 amide bonds. The average Bonchev–Trinajstić information content (AvgIpc) is 2.53. The normalized spacial score (nSPS) is 11.2. The number of para-hydroxylation sites is 1. The lowest BCUT2D eigenvalue weighted by Gasteiger charge is -2.14. The molecule has 0 atom stereocenters. The molecule has 2 rings (SSSR count). The first-order chi connectivity index (χ1) is 11.5. The first kappa shape index (κ1) is 17.4. The van der Waals surface area contributed by atoms with Crippen LogP contribution in [0.25, 0.3) is 5.57 Å². The zero-order chi connectivity index (χ0) is 17.5. The minimum absolute atomic E-state index is 0.0164. The molecule has 5 nitrogen and oxygen atoms in total. The fraction of sp³-hybridized carbons (Fsp3) is 0.211. The summed E-state index contributed by atoms with van der Waals surface area (Å²) in [6.45, 7) is 3.88. The van der Waals surface area contributed by atoms with Gasteiger partial charge in [-0.15, -0.1) is 0 Å². The van der Waals surface area contributed by atoms with E-state index in [-0.39, 0.29) is 11.7 Å². The third-order valence-corrected chi connectivity index (χ3v) is 3.05. The van der Waals surface area contributed by atoms with Crippen LogP contribution < -0.4 is 9.47 Å². The van der Waals surface area contributed by atoms with Gasteiger partial charge in [0.05, 0.1) is 19.5 Å². The highest BCUT2D eigenvalue weighted by Gasteiger charge is 2.16. The Kier molecular flexibility index (Phi) is 5.84. The number of carboxylic acid groups (broad SMARTS) is 1. The molecule has 0 aromatic heterocycles. The molecule has 2 aromatic rings. The smallest absolute Gasteiger partial charge is 0.339 e. The lowest BCUT2D eigenvalue weighted by molar-refractivity contribution is -0.130. The van der Waals surface area contributed by atoms with Crippen LogP contribution in [0.4, 0.5) is 0 Å². The summed E-state index contributed by atoms with van der Waals surface area (Å²) in [6.07, 6.45) is 1.24. The fourth-order valence-electron chi connectivity index (χ4n) is 2.14. The molecule has 0 aliphatic heterocycles. The summed E-state index contributed by atoms with van der Waals surface area (Å²) in [5, 5.41) is 9.37. The van der Waals surface area contributed by atoms with Crippen LogP contribution in [-0.2, 0) is 9.53 Å². The standard InChI is InChI=1S/C19H20O5/c1-13(2)23-14-7-6-8-15(11-14)24-18-10-5-4-9-16(18)17(12-22-3)19(20)21/h4-13H,1-3H3,(H,20,21)/b17-12+. The summed E-state index contributed by atoms with van der Waals surface area (Å²) in [4.78, 5) is 11.4. The summed E-state index contributed by atoms with van der Waals surface area (Å²) in [6, 6.07) is 14.1. The van der Waals surface area contributed by atoms with Crippen LogP contribution in [0.2, 0.25) is 0 Å². The highest BCUT2D eigenvalue weighted by Crippen LogP contribution is 2.32. The molecule has 0 unspecified atom stereocenters. The Balaban J connectivity index is 2.34. The second-order valence-electron chi connectivity index (χ2n) is 5.31. The van der Waals surface area contributed by atoms with E-state index in [1.807, 2.05) is 26.0 Å². The number of hydrogen-bond donors (Lipinski definition) is 1. The van der Waals surface area contributed by atoms with Crippen molar-refractivity contribution in [2.24, 2.45) is 0 Å². The average molecular weight is 328 g/mol. The Morgan fingerprint density at radius 2 is 1.79 bits per heavy atom. The maximum Gasteiger partial charge on any atom is 0.339 e. The van der Waals surface area contributed by atoms with Crippen LogP contribution >= 0.6 is 0 Å². The third-order valence-electron chi connectivity index (χ3n) is 3.05. The van der Waals surface area contributed by atoms with Crippen molar-refractivity contribution in [3.8, 4) is 17.2 Å². The van der Waals surface area contributed by atoms with Gasteiger partial charge in [-0.25, -0.2) is 4.79 Å². The lowest BCUT2D eigenvalue weighted by Crippen LogP contribution is -2.05. The van der Waals surface area contributed by atoms with Crippen molar-refractivity contribution < 1.29 is 24.1 Å². The van der Waals surface area contributed by atoms with Crippen molar-refractivity contribution in [2.75, 3.05) is 7.11 Å². The molecule has 1 N–H and O–H groups in total. The molecule has 0 aliphatic carbocycles. The topological polar surface area (TPSA) is 65.0 Å². The van der Waals surface area contributed by atoms with Gasteiger partial charge in [-0.05, 0) is 32.0 Å². The Hall–Kier alpha value is -2.95. The minimum atomic E-state index is -1.09. The van der Waals surface area contributed by atoms with Crippen LogP contribution in [-0.4, -0.2) is 24.3 Å². The predicted octanol–water partition coefficient (Wildman–Crippen LogP) is 4.34. The van der Waals surface area contributed by atoms with Crippen molar-refractivity contribution in [1.82, 2.24) is 0 Å². The molecule has 0 spiro atoms. The van der Waals surface area contributed by atoms with Crippen molar-refractivity contribution in [1.29, 1.82) is 0 Å². The van der Waals surface area contributed by atoms with Gasteiger partial charge in [0.15, 0.2) is 0 Å². The van der Waals surface area contributed by atoms with E-state index in [0.717, 1.165) is 0 Å². The number of methoxy groups -OCH3 is 1. The summed E-state index contributed by atoms with van der Waals surface area (Å²) < 4.78 is 16.4. The molecule has 24 heavy (non-hydrogen) atoms. The Bertz CT molecular complexity index is 734. The van der Waals surface area contributed by atoms with Crippen LogP contribution in [0.15, 0.2) is 54.8 Å². The van der Waals surface area contributed by atoms with Crippen LogP contribution in [0, 0.1) is 0 Å². The van der Waals surface area contributed by atoms with E-state index in [1.165, 1.54) is 13.4 Å². The van der Waals surface area contributed by atoms with E-state index in [9.17, 15) is 9.90 Å². The fourth-order valence-corrected chi connectivity index (χ4v) is 2.14. The number of ether oxygens (including phenoxy) is 3. The van der Waals surface area contributed by atoms with Gasteiger partial charge < -0.3 is 19.3 Å². The van der Waals surface area contributed by atoms with Crippen LogP contribution in [0.3, 0.4) is 0 Å². The van der Waals surface area contributed by atoms with E-state index in [0.29, 0.717) is 22.8 Å². The minimum Gasteiger partial charge on any atom is -0.503 e. The van der Waals surface area contributed by atoms with Gasteiger partial charge in [0, 0.05) is 11.6 Å². The predicted molar refractivity (Wildman–Crippen MR) is 91.3 cm³/mol. The SMILES string of the molecule is CO/C=C(/C(=O)O)c1ccccc1Oc1cccc(OC(C)C)c1. The summed E-state index contributed by atoms with van der Waals surface area (Å²) in [5.41, 5.74) is 0.449. The second-order valence-corrected chi connectivity index (χ2v) is 5.31. The van der Waals surface area contributed by atoms with E-state index >= 15 is 0 Å². The Morgan fingerprint density at radius 3 is 2.46 bits per heavy atom. The number of benzene rings is 2. The van der Waals surface area contributed by atoms with Gasteiger partial charge in [0.1, 0.15) is 22.8 Å². The number of carbonyl (C=O) groups is 1.